The van der Waals surface area contributed by atoms with Gasteiger partial charge in [-0.25, -0.2) is 0 Å². The number of carbonyl (C=O) groups is 1. The van der Waals surface area contributed by atoms with Crippen LogP contribution in [0.1, 0.15) is 12.8 Å². The lowest BCUT2D eigenvalue weighted by Gasteiger charge is -2.11. The molecule has 4 heteroatoms. The highest BCUT2D eigenvalue weighted by Gasteiger charge is 2.20. The molecule has 1 saturated heterocycles. The van der Waals surface area contributed by atoms with E-state index < -0.39 is 8.07 Å². The van der Waals surface area contributed by atoms with E-state index in [1.54, 1.807) is 0 Å². The third-order valence-electron chi connectivity index (χ3n) is 1.50. The molecule has 0 atom stereocenters. The van der Waals surface area contributed by atoms with Crippen molar-refractivity contribution in [1.29, 1.82) is 0 Å². The molecular formula is C8H15NO2Si. The zero-order valence-corrected chi connectivity index (χ0v) is 8.89. The summed E-state index contributed by atoms with van der Waals surface area (Å²) < 4.78 is 4.89. The normalized spacial score (nSPS) is 21.6. The monoisotopic (exact) mass is 185 g/mol. The minimum Gasteiger partial charge on any atom is -0.412 e. The Labute approximate surface area is 73.8 Å². The molecule has 0 saturated carbocycles. The average molecular weight is 185 g/mol. The smallest absolute Gasteiger partial charge is 0.312 e. The second-order valence-corrected chi connectivity index (χ2v) is 9.68. The lowest BCUT2D eigenvalue weighted by Crippen LogP contribution is -2.25. The summed E-state index contributed by atoms with van der Waals surface area (Å²) in [5.74, 6) is 0.506. The number of carbonyl (C=O) groups excluding carboxylic acids is 1. The first kappa shape index (κ1) is 9.44. The van der Waals surface area contributed by atoms with Crippen molar-refractivity contribution >= 4 is 19.9 Å². The Morgan fingerprint density at radius 2 is 2.08 bits per heavy atom. The third kappa shape index (κ3) is 3.17. The molecule has 1 aliphatic rings. The molecular weight excluding hydrogens is 170 g/mol. The summed E-state index contributed by atoms with van der Waals surface area (Å²) in [6, 6.07) is 0. The summed E-state index contributed by atoms with van der Waals surface area (Å²) >= 11 is 0. The van der Waals surface area contributed by atoms with Crippen LogP contribution < -0.4 is 0 Å². The quantitative estimate of drug-likeness (QED) is 0.484. The maximum Gasteiger partial charge on any atom is 0.312 e. The molecule has 1 heterocycles. The Kier molecular flexibility index (Phi) is 2.67. The summed E-state index contributed by atoms with van der Waals surface area (Å²) in [7, 11) is -1.13. The van der Waals surface area contributed by atoms with Crippen LogP contribution in [-0.4, -0.2) is 26.1 Å². The van der Waals surface area contributed by atoms with Crippen molar-refractivity contribution in [3.05, 3.63) is 0 Å². The van der Waals surface area contributed by atoms with E-state index in [-0.39, 0.29) is 5.97 Å². The Hall–Kier alpha value is -0.643. The first-order valence-electron chi connectivity index (χ1n) is 4.21. The van der Waals surface area contributed by atoms with E-state index in [0.29, 0.717) is 18.7 Å². The van der Waals surface area contributed by atoms with Crippen LogP contribution in [0.2, 0.25) is 19.6 Å². The van der Waals surface area contributed by atoms with Gasteiger partial charge in [0.25, 0.3) is 0 Å². The van der Waals surface area contributed by atoms with Gasteiger partial charge in [0.15, 0.2) is 5.90 Å². The summed E-state index contributed by atoms with van der Waals surface area (Å²) in [6.07, 6.45) is 2.06. The number of nitrogens with zero attached hydrogens (tertiary/aromatic N) is 1. The van der Waals surface area contributed by atoms with Crippen molar-refractivity contribution in [2.75, 3.05) is 6.17 Å². The number of rotatable bonds is 2. The zero-order valence-electron chi connectivity index (χ0n) is 7.89. The topological polar surface area (TPSA) is 38.7 Å². The van der Waals surface area contributed by atoms with Crippen molar-refractivity contribution in [3.63, 3.8) is 0 Å². The summed E-state index contributed by atoms with van der Waals surface area (Å²) in [4.78, 5) is 15.0. The van der Waals surface area contributed by atoms with Gasteiger partial charge in [-0.3, -0.25) is 9.79 Å². The lowest BCUT2D eigenvalue weighted by molar-refractivity contribution is -0.133. The van der Waals surface area contributed by atoms with Crippen LogP contribution in [-0.2, 0) is 9.53 Å². The van der Waals surface area contributed by atoms with Crippen molar-refractivity contribution in [2.24, 2.45) is 4.99 Å². The number of hydrogen-bond acceptors (Lipinski definition) is 3. The molecule has 1 aliphatic heterocycles. The number of ether oxygens (including phenoxy) is 1. The first-order valence-corrected chi connectivity index (χ1v) is 7.92. The highest BCUT2D eigenvalue weighted by Crippen LogP contribution is 2.09. The van der Waals surface area contributed by atoms with Crippen LogP contribution in [0.5, 0.6) is 0 Å². The molecule has 0 amide bonds. The van der Waals surface area contributed by atoms with E-state index in [4.69, 9.17) is 4.74 Å². The molecule has 12 heavy (non-hydrogen) atoms. The summed E-state index contributed by atoms with van der Waals surface area (Å²) in [5, 5.41) is 0. The van der Waals surface area contributed by atoms with Crippen molar-refractivity contribution in [2.45, 2.75) is 32.5 Å². The van der Waals surface area contributed by atoms with Gasteiger partial charge in [0.1, 0.15) is 0 Å². The molecule has 1 rings (SSSR count). The molecule has 0 N–H and O–H groups in total. The molecule has 3 nitrogen and oxygen atoms in total. The predicted octanol–water partition coefficient (Wildman–Crippen LogP) is 1.60. The van der Waals surface area contributed by atoms with E-state index in [1.165, 1.54) is 0 Å². The Morgan fingerprint density at radius 1 is 1.42 bits per heavy atom. The fourth-order valence-electron chi connectivity index (χ4n) is 0.879. The van der Waals surface area contributed by atoms with Crippen LogP contribution in [0.25, 0.3) is 0 Å². The largest absolute Gasteiger partial charge is 0.412 e. The Balaban J connectivity index is 2.43. The second-order valence-electron chi connectivity index (χ2n) is 4.24. The highest BCUT2D eigenvalue weighted by atomic mass is 28.3. The van der Waals surface area contributed by atoms with Gasteiger partial charge in [0, 0.05) is 12.6 Å². The highest BCUT2D eigenvalue weighted by molar-refractivity contribution is 6.76. The molecule has 0 bridgehead atoms. The molecule has 68 valence electrons. The first-order chi connectivity index (χ1) is 5.47. The average Bonchev–Trinajstić information content (AvgIpc) is 2.30. The standard InChI is InChI=1S/C8H15NO2Si/c1-12(2,3)6-9-7-4-5-8(10)11-7/h4-6H2,1-3H3/b9-7+. The molecule has 1 fully saturated rings. The maximum atomic E-state index is 10.7. The minimum atomic E-state index is -1.13. The Morgan fingerprint density at radius 3 is 2.50 bits per heavy atom. The molecule has 0 aromatic carbocycles. The van der Waals surface area contributed by atoms with Gasteiger partial charge in [-0.2, -0.15) is 0 Å². The fraction of sp³-hybridized carbons (Fsp3) is 0.750. The van der Waals surface area contributed by atoms with Crippen LogP contribution in [0.15, 0.2) is 4.99 Å². The maximum absolute atomic E-state index is 10.7. The molecule has 0 spiro atoms. The second kappa shape index (κ2) is 3.39. The van der Waals surface area contributed by atoms with Crippen LogP contribution >= 0.6 is 0 Å². The SMILES string of the molecule is C[Si](C)(C)C/N=C1\CCC(=O)O1. The number of cyclic esters (lactones) is 1. The van der Waals surface area contributed by atoms with Gasteiger partial charge >= 0.3 is 5.97 Å². The molecule has 0 aromatic rings. The van der Waals surface area contributed by atoms with Crippen LogP contribution in [0.3, 0.4) is 0 Å². The van der Waals surface area contributed by atoms with Crippen molar-refractivity contribution in [1.82, 2.24) is 0 Å². The van der Waals surface area contributed by atoms with Crippen molar-refractivity contribution < 1.29 is 9.53 Å². The van der Waals surface area contributed by atoms with Gasteiger partial charge in [-0.05, 0) is 0 Å². The molecule has 0 aromatic heterocycles. The fourth-order valence-corrected chi connectivity index (χ4v) is 1.53. The third-order valence-corrected chi connectivity index (χ3v) is 2.61. The van der Waals surface area contributed by atoms with E-state index in [0.717, 1.165) is 6.17 Å². The van der Waals surface area contributed by atoms with Gasteiger partial charge in [0.2, 0.25) is 0 Å². The molecule has 0 unspecified atom stereocenters. The summed E-state index contributed by atoms with van der Waals surface area (Å²) in [6.45, 7) is 6.73. The minimum absolute atomic E-state index is 0.135. The van der Waals surface area contributed by atoms with E-state index >= 15 is 0 Å². The number of esters is 1. The van der Waals surface area contributed by atoms with E-state index in [1.807, 2.05) is 0 Å². The van der Waals surface area contributed by atoms with Crippen LogP contribution in [0, 0.1) is 0 Å². The predicted molar refractivity (Wildman–Crippen MR) is 51.0 cm³/mol. The van der Waals surface area contributed by atoms with Crippen LogP contribution in [0.4, 0.5) is 0 Å². The number of aliphatic imine (C=N–C) groups is 1. The Bertz CT molecular complexity index is 218. The van der Waals surface area contributed by atoms with E-state index in [2.05, 4.69) is 24.6 Å². The van der Waals surface area contributed by atoms with Gasteiger partial charge in [-0.15, -0.1) is 0 Å². The molecule has 0 radical (unpaired) electrons. The summed E-state index contributed by atoms with van der Waals surface area (Å²) in [5.41, 5.74) is 0. The van der Waals surface area contributed by atoms with Crippen molar-refractivity contribution in [3.8, 4) is 0 Å². The molecule has 0 aliphatic carbocycles. The van der Waals surface area contributed by atoms with Gasteiger partial charge < -0.3 is 4.74 Å². The van der Waals surface area contributed by atoms with E-state index in [9.17, 15) is 4.79 Å². The lowest BCUT2D eigenvalue weighted by atomic mass is 10.4. The zero-order chi connectivity index (χ0) is 9.19. The number of hydrogen-bond donors (Lipinski definition) is 0. The van der Waals surface area contributed by atoms with Gasteiger partial charge in [0.05, 0.1) is 14.5 Å². The van der Waals surface area contributed by atoms with Gasteiger partial charge in [-0.1, -0.05) is 19.6 Å².